The van der Waals surface area contributed by atoms with E-state index in [0.29, 0.717) is 23.2 Å². The monoisotopic (exact) mass is 393 g/mol. The number of nitrogens with zero attached hydrogens (tertiary/aromatic N) is 3. The summed E-state index contributed by atoms with van der Waals surface area (Å²) in [5.41, 5.74) is 1.23. The fourth-order valence-electron chi connectivity index (χ4n) is 4.19. The predicted octanol–water partition coefficient (Wildman–Crippen LogP) is 3.16. The number of hydrogen-bond donors (Lipinski definition) is 2. The molecule has 152 valence electrons. The van der Waals surface area contributed by atoms with Crippen molar-refractivity contribution in [1.29, 1.82) is 5.41 Å². The van der Waals surface area contributed by atoms with Crippen LogP contribution in [-0.4, -0.2) is 26.4 Å². The molecule has 1 amide bonds. The van der Waals surface area contributed by atoms with Crippen molar-refractivity contribution < 1.29 is 4.79 Å². The van der Waals surface area contributed by atoms with Gasteiger partial charge in [0.25, 0.3) is 11.5 Å². The number of nitrogens with one attached hydrogen (secondary N) is 2. The molecule has 3 aromatic heterocycles. The Morgan fingerprint density at radius 3 is 2.83 bits per heavy atom. The summed E-state index contributed by atoms with van der Waals surface area (Å²) >= 11 is 0. The molecule has 1 fully saturated rings. The van der Waals surface area contributed by atoms with Crippen LogP contribution in [-0.2, 0) is 0 Å². The highest BCUT2D eigenvalue weighted by Gasteiger charge is 2.23. The molecule has 0 unspecified atom stereocenters. The number of rotatable bonds is 5. The molecular formula is C22H27N5O2. The minimum Gasteiger partial charge on any atom is -0.352 e. The first-order chi connectivity index (χ1) is 14.1. The van der Waals surface area contributed by atoms with Crippen LogP contribution in [0.5, 0.6) is 0 Å². The van der Waals surface area contributed by atoms with Crippen LogP contribution in [0.25, 0.3) is 16.7 Å². The van der Waals surface area contributed by atoms with Gasteiger partial charge in [-0.1, -0.05) is 38.7 Å². The van der Waals surface area contributed by atoms with E-state index in [1.165, 1.54) is 10.8 Å². The summed E-state index contributed by atoms with van der Waals surface area (Å²) < 4.78 is 3.33. The van der Waals surface area contributed by atoms with Crippen molar-refractivity contribution in [2.75, 3.05) is 6.54 Å². The van der Waals surface area contributed by atoms with Gasteiger partial charge in [-0.15, -0.1) is 0 Å². The molecule has 2 N–H and O–H groups in total. The van der Waals surface area contributed by atoms with Gasteiger partial charge in [0, 0.05) is 18.8 Å². The van der Waals surface area contributed by atoms with Gasteiger partial charge in [0.2, 0.25) is 0 Å². The Balaban J connectivity index is 1.97. The third-order valence-electron chi connectivity index (χ3n) is 5.76. The van der Waals surface area contributed by atoms with Crippen molar-refractivity contribution in [2.45, 2.75) is 57.9 Å². The van der Waals surface area contributed by atoms with Crippen LogP contribution in [0.2, 0.25) is 0 Å². The molecule has 1 aliphatic rings. The molecule has 3 heterocycles. The Hall–Kier alpha value is -2.96. The highest BCUT2D eigenvalue weighted by Crippen LogP contribution is 2.29. The van der Waals surface area contributed by atoms with Crippen molar-refractivity contribution in [2.24, 2.45) is 0 Å². The van der Waals surface area contributed by atoms with Crippen molar-refractivity contribution in [3.8, 4) is 0 Å². The lowest BCUT2D eigenvalue weighted by Gasteiger charge is -2.26. The average molecular weight is 393 g/mol. The smallest absolute Gasteiger partial charge is 0.267 e. The van der Waals surface area contributed by atoms with Gasteiger partial charge in [-0.2, -0.15) is 0 Å². The van der Waals surface area contributed by atoms with Crippen molar-refractivity contribution in [3.63, 3.8) is 0 Å². The summed E-state index contributed by atoms with van der Waals surface area (Å²) in [6.07, 6.45) is 8.75. The topological polar surface area (TPSA) is 92.2 Å². The van der Waals surface area contributed by atoms with E-state index in [-0.39, 0.29) is 28.6 Å². The van der Waals surface area contributed by atoms with Crippen LogP contribution in [0, 0.1) is 5.41 Å². The van der Waals surface area contributed by atoms with Crippen LogP contribution < -0.4 is 16.4 Å². The molecule has 0 radical (unpaired) electrons. The van der Waals surface area contributed by atoms with Gasteiger partial charge in [0.05, 0.1) is 10.9 Å². The lowest BCUT2D eigenvalue weighted by atomic mass is 9.94. The van der Waals surface area contributed by atoms with Crippen LogP contribution in [0.3, 0.4) is 0 Å². The van der Waals surface area contributed by atoms with Crippen molar-refractivity contribution in [3.05, 3.63) is 51.9 Å². The first kappa shape index (κ1) is 19.4. The Morgan fingerprint density at radius 2 is 2.07 bits per heavy atom. The number of hydrogen-bond acceptors (Lipinski definition) is 4. The van der Waals surface area contributed by atoms with E-state index in [1.807, 2.05) is 10.6 Å². The summed E-state index contributed by atoms with van der Waals surface area (Å²) in [7, 11) is 0. The molecule has 0 spiro atoms. The van der Waals surface area contributed by atoms with Crippen LogP contribution >= 0.6 is 0 Å². The molecule has 29 heavy (non-hydrogen) atoms. The van der Waals surface area contributed by atoms with Gasteiger partial charge in [0.15, 0.2) is 0 Å². The van der Waals surface area contributed by atoms with Gasteiger partial charge in [-0.05, 0) is 37.5 Å². The summed E-state index contributed by atoms with van der Waals surface area (Å²) in [6, 6.07) is 7.05. The molecule has 1 aliphatic carbocycles. The fraction of sp³-hybridized carbons (Fsp3) is 0.455. The zero-order valence-corrected chi connectivity index (χ0v) is 16.8. The largest absolute Gasteiger partial charge is 0.352 e. The third-order valence-corrected chi connectivity index (χ3v) is 5.76. The second kappa shape index (κ2) is 8.19. The fourth-order valence-corrected chi connectivity index (χ4v) is 4.19. The highest BCUT2D eigenvalue weighted by atomic mass is 16.1. The van der Waals surface area contributed by atoms with E-state index in [9.17, 15) is 9.59 Å². The molecule has 0 aliphatic heterocycles. The summed E-state index contributed by atoms with van der Waals surface area (Å²) in [6.45, 7) is 2.62. The van der Waals surface area contributed by atoms with E-state index in [2.05, 4.69) is 12.2 Å². The molecule has 7 nitrogen and oxygen atoms in total. The van der Waals surface area contributed by atoms with E-state index < -0.39 is 0 Å². The van der Waals surface area contributed by atoms with Gasteiger partial charge < -0.3 is 9.88 Å². The normalized spacial score (nSPS) is 15.1. The SMILES string of the molecule is CCCCNC(=O)c1cc2c(=O)n3ccccc3nc2n(C2CCCCC2)c1=N. The maximum atomic E-state index is 13.2. The molecule has 0 bridgehead atoms. The number of fused-ring (bicyclic) bond motifs is 2. The maximum Gasteiger partial charge on any atom is 0.267 e. The predicted molar refractivity (Wildman–Crippen MR) is 112 cm³/mol. The summed E-state index contributed by atoms with van der Waals surface area (Å²) in [4.78, 5) is 30.7. The number of carbonyl (C=O) groups excluding carboxylic acids is 1. The number of aromatic nitrogens is 3. The molecule has 0 atom stereocenters. The first-order valence-corrected chi connectivity index (χ1v) is 10.5. The van der Waals surface area contributed by atoms with E-state index in [0.717, 1.165) is 38.5 Å². The molecular weight excluding hydrogens is 366 g/mol. The van der Waals surface area contributed by atoms with Gasteiger partial charge >= 0.3 is 0 Å². The zero-order chi connectivity index (χ0) is 20.4. The van der Waals surface area contributed by atoms with Crippen molar-refractivity contribution >= 4 is 22.6 Å². The maximum absolute atomic E-state index is 13.2. The van der Waals surface area contributed by atoms with E-state index in [1.54, 1.807) is 24.4 Å². The average Bonchev–Trinajstić information content (AvgIpc) is 2.74. The lowest BCUT2D eigenvalue weighted by molar-refractivity contribution is 0.0950. The lowest BCUT2D eigenvalue weighted by Crippen LogP contribution is -2.37. The number of carbonyl (C=O) groups is 1. The molecule has 3 aromatic rings. The Bertz CT molecular complexity index is 1170. The van der Waals surface area contributed by atoms with E-state index >= 15 is 0 Å². The highest BCUT2D eigenvalue weighted by molar-refractivity contribution is 5.96. The third kappa shape index (κ3) is 3.57. The van der Waals surface area contributed by atoms with Gasteiger partial charge in [-0.3, -0.25) is 19.4 Å². The number of unbranched alkanes of at least 4 members (excludes halogenated alkanes) is 1. The summed E-state index contributed by atoms with van der Waals surface area (Å²) in [5, 5.41) is 12.1. The van der Waals surface area contributed by atoms with Gasteiger partial charge in [-0.25, -0.2) is 4.98 Å². The Labute approximate surface area is 168 Å². The minimum absolute atomic E-state index is 0.0835. The quantitative estimate of drug-likeness (QED) is 0.515. The standard InChI is InChI=1S/C22H27N5O2/c1-2-3-12-24-21(28)16-14-17-20(25-18-11-7-8-13-26(18)22(17)29)27(19(16)23)15-9-5-4-6-10-15/h7-8,11,13-15,23H,2-6,9-10,12H2,1H3,(H,24,28). The molecule has 1 saturated carbocycles. The molecule has 7 heteroatoms. The van der Waals surface area contributed by atoms with Crippen LogP contribution in [0.1, 0.15) is 68.3 Å². The minimum atomic E-state index is -0.299. The molecule has 0 aromatic carbocycles. The Morgan fingerprint density at radius 1 is 1.28 bits per heavy atom. The van der Waals surface area contributed by atoms with Gasteiger partial charge in [0.1, 0.15) is 16.8 Å². The molecule has 0 saturated heterocycles. The summed E-state index contributed by atoms with van der Waals surface area (Å²) in [5.74, 6) is -0.299. The second-order valence-electron chi connectivity index (χ2n) is 7.76. The van der Waals surface area contributed by atoms with Crippen molar-refractivity contribution in [1.82, 2.24) is 19.3 Å². The zero-order valence-electron chi connectivity index (χ0n) is 16.8. The number of pyridine rings is 2. The first-order valence-electron chi connectivity index (χ1n) is 10.5. The van der Waals surface area contributed by atoms with E-state index in [4.69, 9.17) is 10.4 Å². The van der Waals surface area contributed by atoms with Crippen LogP contribution in [0.15, 0.2) is 35.3 Å². The van der Waals surface area contributed by atoms with Crippen LogP contribution in [0.4, 0.5) is 0 Å². The molecule has 4 rings (SSSR count). The Kier molecular flexibility index (Phi) is 5.47. The second-order valence-corrected chi connectivity index (χ2v) is 7.76. The number of amides is 1.